The van der Waals surface area contributed by atoms with Crippen molar-refractivity contribution in [1.82, 2.24) is 10.6 Å². The van der Waals surface area contributed by atoms with Crippen LogP contribution in [0.15, 0.2) is 24.3 Å². The van der Waals surface area contributed by atoms with Crippen LogP contribution in [0.1, 0.15) is 38.5 Å². The highest BCUT2D eigenvalue weighted by atomic mass is 16.5. The molecule has 4 bridgehead atoms. The van der Waals surface area contributed by atoms with Crippen molar-refractivity contribution in [1.29, 1.82) is 0 Å². The summed E-state index contributed by atoms with van der Waals surface area (Å²) in [5.74, 6) is 2.80. The van der Waals surface area contributed by atoms with E-state index in [1.165, 1.54) is 19.3 Å². The molecule has 0 radical (unpaired) electrons. The molecular formula is C20H26N2O4. The van der Waals surface area contributed by atoms with Crippen LogP contribution in [0.4, 0.5) is 4.79 Å². The van der Waals surface area contributed by atoms with Gasteiger partial charge in [0.25, 0.3) is 5.91 Å². The van der Waals surface area contributed by atoms with Gasteiger partial charge >= 0.3 is 6.03 Å². The molecule has 4 fully saturated rings. The van der Waals surface area contributed by atoms with Crippen LogP contribution < -0.4 is 20.1 Å². The Balaban J connectivity index is 1.29. The molecule has 6 nitrogen and oxygen atoms in total. The number of rotatable bonds is 5. The summed E-state index contributed by atoms with van der Waals surface area (Å²) in [7, 11) is 1.54. The van der Waals surface area contributed by atoms with Gasteiger partial charge in [-0.05, 0) is 68.4 Å². The SMILES string of the molecule is COc1ccccc1OCC(=O)NC(=O)NC12CC3CC(CC(C3)C1)C2. The molecule has 2 N–H and O–H groups in total. The monoisotopic (exact) mass is 358 g/mol. The standard InChI is InChI=1S/C20H26N2O4/c1-25-16-4-2-3-5-17(16)26-12-18(23)21-19(24)22-20-9-13-6-14(10-20)8-15(7-13)11-20/h2-5,13-15H,6-12H2,1H3,(H2,21,22,23,24). The highest BCUT2D eigenvalue weighted by molar-refractivity contribution is 5.95. The predicted molar refractivity (Wildman–Crippen MR) is 96.1 cm³/mol. The summed E-state index contributed by atoms with van der Waals surface area (Å²) in [6.07, 6.45) is 7.10. The van der Waals surface area contributed by atoms with Crippen molar-refractivity contribution in [3.63, 3.8) is 0 Å². The summed E-state index contributed by atoms with van der Waals surface area (Å²) >= 11 is 0. The maximum Gasteiger partial charge on any atom is 0.321 e. The molecule has 4 saturated carbocycles. The summed E-state index contributed by atoms with van der Waals surface area (Å²) < 4.78 is 10.6. The number of carbonyl (C=O) groups excluding carboxylic acids is 2. The maximum atomic E-state index is 12.3. The molecule has 0 heterocycles. The number of ether oxygens (including phenoxy) is 2. The normalized spacial score (nSPS) is 31.3. The molecule has 0 spiro atoms. The Kier molecular flexibility index (Phi) is 4.51. The van der Waals surface area contributed by atoms with Gasteiger partial charge in [0.2, 0.25) is 0 Å². The number of amides is 3. The molecule has 0 atom stereocenters. The number of benzene rings is 1. The highest BCUT2D eigenvalue weighted by Crippen LogP contribution is 2.55. The Hall–Kier alpha value is -2.24. The van der Waals surface area contributed by atoms with Crippen LogP contribution in [0.3, 0.4) is 0 Å². The van der Waals surface area contributed by atoms with Crippen LogP contribution in [0, 0.1) is 17.8 Å². The Morgan fingerprint density at radius 2 is 1.62 bits per heavy atom. The molecule has 5 rings (SSSR count). The van der Waals surface area contributed by atoms with Crippen molar-refractivity contribution in [2.24, 2.45) is 17.8 Å². The van der Waals surface area contributed by atoms with E-state index >= 15 is 0 Å². The summed E-state index contributed by atoms with van der Waals surface area (Å²) in [5, 5.41) is 5.53. The van der Waals surface area contributed by atoms with Crippen LogP contribution in [0.2, 0.25) is 0 Å². The molecule has 26 heavy (non-hydrogen) atoms. The first kappa shape index (κ1) is 17.2. The Labute approximate surface area is 153 Å². The smallest absolute Gasteiger partial charge is 0.321 e. The van der Waals surface area contributed by atoms with E-state index in [9.17, 15) is 9.59 Å². The number of urea groups is 1. The maximum absolute atomic E-state index is 12.3. The van der Waals surface area contributed by atoms with Crippen molar-refractivity contribution >= 4 is 11.9 Å². The van der Waals surface area contributed by atoms with Gasteiger partial charge in [0.05, 0.1) is 7.11 Å². The lowest BCUT2D eigenvalue weighted by Gasteiger charge is -2.56. The van der Waals surface area contributed by atoms with Gasteiger partial charge in [-0.3, -0.25) is 10.1 Å². The molecule has 140 valence electrons. The van der Waals surface area contributed by atoms with E-state index in [0.717, 1.165) is 37.0 Å². The number of para-hydroxylation sites is 2. The van der Waals surface area contributed by atoms with E-state index in [4.69, 9.17) is 9.47 Å². The molecule has 4 aliphatic carbocycles. The van der Waals surface area contributed by atoms with E-state index in [2.05, 4.69) is 10.6 Å². The number of nitrogens with one attached hydrogen (secondary N) is 2. The van der Waals surface area contributed by atoms with E-state index in [-0.39, 0.29) is 12.1 Å². The van der Waals surface area contributed by atoms with Crippen molar-refractivity contribution < 1.29 is 19.1 Å². The van der Waals surface area contributed by atoms with Crippen LogP contribution in [0.25, 0.3) is 0 Å². The van der Waals surface area contributed by atoms with Gasteiger partial charge in [0.1, 0.15) is 0 Å². The fourth-order valence-electron chi connectivity index (χ4n) is 5.58. The lowest BCUT2D eigenvalue weighted by atomic mass is 9.53. The van der Waals surface area contributed by atoms with Crippen LogP contribution in [-0.2, 0) is 4.79 Å². The van der Waals surface area contributed by atoms with Crippen LogP contribution in [-0.4, -0.2) is 31.2 Å². The third-order valence-electron chi connectivity index (χ3n) is 6.10. The minimum atomic E-state index is -0.460. The lowest BCUT2D eigenvalue weighted by molar-refractivity contribution is -0.122. The number of carbonyl (C=O) groups is 2. The molecule has 4 aliphatic rings. The minimum Gasteiger partial charge on any atom is -0.493 e. The van der Waals surface area contributed by atoms with Gasteiger partial charge in [0, 0.05) is 5.54 Å². The zero-order valence-corrected chi connectivity index (χ0v) is 15.1. The van der Waals surface area contributed by atoms with Crippen molar-refractivity contribution in [3.8, 4) is 11.5 Å². The zero-order chi connectivity index (χ0) is 18.1. The molecule has 1 aromatic rings. The Bertz CT molecular complexity index is 668. The predicted octanol–water partition coefficient (Wildman–Crippen LogP) is 2.87. The second kappa shape index (κ2) is 6.82. The molecule has 0 aliphatic heterocycles. The van der Waals surface area contributed by atoms with Gasteiger partial charge in [-0.1, -0.05) is 12.1 Å². The third-order valence-corrected chi connectivity index (χ3v) is 6.10. The molecule has 0 saturated heterocycles. The number of methoxy groups -OCH3 is 1. The third kappa shape index (κ3) is 3.50. The van der Waals surface area contributed by atoms with Crippen LogP contribution in [0.5, 0.6) is 11.5 Å². The molecule has 0 aromatic heterocycles. The average Bonchev–Trinajstić information content (AvgIpc) is 2.58. The Morgan fingerprint density at radius 1 is 1.04 bits per heavy atom. The van der Waals surface area contributed by atoms with Crippen LogP contribution >= 0.6 is 0 Å². The molecule has 1 aromatic carbocycles. The summed E-state index contributed by atoms with van der Waals surface area (Å²) in [4.78, 5) is 24.4. The van der Waals surface area contributed by atoms with Gasteiger partial charge in [-0.2, -0.15) is 0 Å². The van der Waals surface area contributed by atoms with Gasteiger partial charge < -0.3 is 14.8 Å². The van der Waals surface area contributed by atoms with Gasteiger partial charge in [-0.25, -0.2) is 4.79 Å². The quantitative estimate of drug-likeness (QED) is 0.849. The van der Waals surface area contributed by atoms with Crippen molar-refractivity contribution in [2.45, 2.75) is 44.1 Å². The molecule has 0 unspecified atom stereocenters. The summed E-state index contributed by atoms with van der Waals surface area (Å²) in [6, 6.07) is 6.70. The molecule has 6 heteroatoms. The van der Waals surface area contributed by atoms with E-state index in [1.807, 2.05) is 6.07 Å². The lowest BCUT2D eigenvalue weighted by Crippen LogP contribution is -2.62. The van der Waals surface area contributed by atoms with E-state index < -0.39 is 11.9 Å². The Morgan fingerprint density at radius 3 is 2.19 bits per heavy atom. The summed E-state index contributed by atoms with van der Waals surface area (Å²) in [6.45, 7) is -0.228. The average molecular weight is 358 g/mol. The first-order valence-electron chi connectivity index (χ1n) is 9.43. The van der Waals surface area contributed by atoms with Crippen molar-refractivity contribution in [3.05, 3.63) is 24.3 Å². The topological polar surface area (TPSA) is 76.7 Å². The van der Waals surface area contributed by atoms with E-state index in [1.54, 1.807) is 25.3 Å². The largest absolute Gasteiger partial charge is 0.493 e. The fourth-order valence-corrected chi connectivity index (χ4v) is 5.58. The zero-order valence-electron chi connectivity index (χ0n) is 15.1. The van der Waals surface area contributed by atoms with Gasteiger partial charge in [-0.15, -0.1) is 0 Å². The first-order valence-corrected chi connectivity index (χ1v) is 9.43. The summed E-state index contributed by atoms with van der Waals surface area (Å²) in [5.41, 5.74) is -0.109. The minimum absolute atomic E-state index is 0.109. The molecule has 3 amide bonds. The first-order chi connectivity index (χ1) is 12.5. The fraction of sp³-hybridized carbons (Fsp3) is 0.600. The highest BCUT2D eigenvalue weighted by Gasteiger charge is 2.51. The van der Waals surface area contributed by atoms with Gasteiger partial charge in [0.15, 0.2) is 18.1 Å². The number of imide groups is 1. The second-order valence-corrected chi connectivity index (χ2v) is 8.14. The number of hydrogen-bond acceptors (Lipinski definition) is 4. The second-order valence-electron chi connectivity index (χ2n) is 8.14. The van der Waals surface area contributed by atoms with Crippen molar-refractivity contribution in [2.75, 3.05) is 13.7 Å². The number of hydrogen-bond donors (Lipinski definition) is 2. The van der Waals surface area contributed by atoms with E-state index in [0.29, 0.717) is 11.5 Å². The molecular weight excluding hydrogens is 332 g/mol.